The molecule has 6 heteroatoms. The summed E-state index contributed by atoms with van der Waals surface area (Å²) in [6.07, 6.45) is 0.926. The van der Waals surface area contributed by atoms with Gasteiger partial charge in [0.15, 0.2) is 0 Å². The maximum atomic E-state index is 11.9. The molecule has 0 spiro atoms. The number of hydrogen-bond donors (Lipinski definition) is 0. The summed E-state index contributed by atoms with van der Waals surface area (Å²) in [7, 11) is 0. The highest BCUT2D eigenvalue weighted by Crippen LogP contribution is 2.16. The molecule has 108 valence electrons. The van der Waals surface area contributed by atoms with Crippen molar-refractivity contribution in [2.24, 2.45) is 0 Å². The summed E-state index contributed by atoms with van der Waals surface area (Å²) < 4.78 is 10.1. The summed E-state index contributed by atoms with van der Waals surface area (Å²) >= 11 is 1.62. The third kappa shape index (κ3) is 4.66. The lowest BCUT2D eigenvalue weighted by Crippen LogP contribution is -2.41. The molecule has 1 heterocycles. The van der Waals surface area contributed by atoms with Crippen LogP contribution in [0, 0.1) is 0 Å². The molecular formula is C14H16INO4. The largest absolute Gasteiger partial charge is 0.455 e. The molecule has 1 aliphatic heterocycles. The summed E-state index contributed by atoms with van der Waals surface area (Å²) in [6.45, 7) is 1.40. The van der Waals surface area contributed by atoms with Crippen LogP contribution in [0.2, 0.25) is 0 Å². The number of likely N-dealkylation sites (tertiary alicyclic amines) is 1. The van der Waals surface area contributed by atoms with Crippen molar-refractivity contribution >= 4 is 32.7 Å². The Hall–Kier alpha value is -1.31. The highest BCUT2D eigenvalue weighted by atomic mass is 127. The third-order valence-corrected chi connectivity index (χ3v) is 3.42. The van der Waals surface area contributed by atoms with Gasteiger partial charge in [0.2, 0.25) is 0 Å². The molecule has 0 aliphatic carbocycles. The zero-order valence-electron chi connectivity index (χ0n) is 11.0. The first kappa shape index (κ1) is 15.1. The Labute approximate surface area is 131 Å². The molecule has 0 atom stereocenters. The number of amides is 1. The van der Waals surface area contributed by atoms with Gasteiger partial charge in [0.05, 0.1) is 22.6 Å². The number of carbonyl (C=O) groups is 2. The third-order valence-electron chi connectivity index (χ3n) is 3.16. The van der Waals surface area contributed by atoms with Gasteiger partial charge in [0.25, 0.3) is 0 Å². The van der Waals surface area contributed by atoms with Gasteiger partial charge in [-0.3, -0.25) is 0 Å². The molecule has 0 radical (unpaired) electrons. The lowest BCUT2D eigenvalue weighted by atomic mass is 10.1. The van der Waals surface area contributed by atoms with Crippen LogP contribution < -0.4 is 0 Å². The van der Waals surface area contributed by atoms with Gasteiger partial charge in [0, 0.05) is 25.9 Å². The smallest absolute Gasteiger partial charge is 0.410 e. The molecule has 1 saturated heterocycles. The maximum absolute atomic E-state index is 11.9. The van der Waals surface area contributed by atoms with Gasteiger partial charge in [-0.15, -0.1) is 0 Å². The fraction of sp³-hybridized carbons (Fsp3) is 0.429. The average Bonchev–Trinajstić information content (AvgIpc) is 2.46. The molecule has 1 aliphatic rings. The van der Waals surface area contributed by atoms with Crippen LogP contribution in [0.3, 0.4) is 0 Å². The van der Waals surface area contributed by atoms with E-state index in [0.29, 0.717) is 25.9 Å². The van der Waals surface area contributed by atoms with Crippen LogP contribution in [-0.4, -0.2) is 34.2 Å². The first-order valence-corrected chi connectivity index (χ1v) is 7.55. The van der Waals surface area contributed by atoms with E-state index in [4.69, 9.17) is 9.47 Å². The maximum Gasteiger partial charge on any atom is 0.410 e. The number of carbonyl (C=O) groups excluding carboxylic acids is 2. The van der Waals surface area contributed by atoms with E-state index in [1.807, 2.05) is 30.3 Å². The monoisotopic (exact) mass is 389 g/mol. The predicted molar refractivity (Wildman–Crippen MR) is 81.7 cm³/mol. The Morgan fingerprint density at radius 2 is 1.85 bits per heavy atom. The van der Waals surface area contributed by atoms with Crippen molar-refractivity contribution in [2.75, 3.05) is 13.1 Å². The number of nitrogens with zero attached hydrogens (tertiary/aromatic N) is 1. The molecule has 0 bridgehead atoms. The van der Waals surface area contributed by atoms with Gasteiger partial charge in [-0.05, 0) is 5.56 Å². The van der Waals surface area contributed by atoms with E-state index in [1.165, 1.54) is 0 Å². The molecule has 1 aromatic carbocycles. The molecule has 2 rings (SSSR count). The SMILES string of the molecule is O=C(I)OC1CCN(C(=O)OCc2ccccc2)CC1. The number of ether oxygens (including phenoxy) is 2. The van der Waals surface area contributed by atoms with E-state index < -0.39 is 0 Å². The van der Waals surface area contributed by atoms with Crippen LogP contribution in [0.25, 0.3) is 0 Å². The molecule has 20 heavy (non-hydrogen) atoms. The van der Waals surface area contributed by atoms with E-state index in [9.17, 15) is 9.59 Å². The van der Waals surface area contributed by atoms with Crippen molar-refractivity contribution in [1.29, 1.82) is 0 Å². The Morgan fingerprint density at radius 3 is 2.45 bits per heavy atom. The molecule has 0 N–H and O–H groups in total. The lowest BCUT2D eigenvalue weighted by molar-refractivity contribution is 0.0507. The molecule has 1 aromatic rings. The van der Waals surface area contributed by atoms with Crippen LogP contribution in [-0.2, 0) is 16.1 Å². The van der Waals surface area contributed by atoms with E-state index in [0.717, 1.165) is 5.56 Å². The minimum atomic E-state index is -0.312. The Balaban J connectivity index is 1.73. The van der Waals surface area contributed by atoms with E-state index >= 15 is 0 Å². The molecule has 1 amide bonds. The second-order valence-corrected chi connectivity index (χ2v) is 5.46. The first-order valence-electron chi connectivity index (χ1n) is 6.47. The second kappa shape index (κ2) is 7.47. The molecule has 0 saturated carbocycles. The van der Waals surface area contributed by atoms with Gasteiger partial charge in [-0.2, -0.15) is 0 Å². The quantitative estimate of drug-likeness (QED) is 0.588. The number of hydrogen-bond acceptors (Lipinski definition) is 4. The van der Waals surface area contributed by atoms with Gasteiger partial charge in [-0.25, -0.2) is 9.59 Å². The summed E-state index contributed by atoms with van der Waals surface area (Å²) in [4.78, 5) is 24.4. The molecule has 1 fully saturated rings. The van der Waals surface area contributed by atoms with Crippen LogP contribution in [0.4, 0.5) is 9.59 Å². The Morgan fingerprint density at radius 1 is 1.20 bits per heavy atom. The highest BCUT2D eigenvalue weighted by molar-refractivity contribution is 14.1. The van der Waals surface area contributed by atoms with Crippen molar-refractivity contribution in [3.63, 3.8) is 0 Å². The van der Waals surface area contributed by atoms with E-state index in [1.54, 1.807) is 27.5 Å². The molecule has 5 nitrogen and oxygen atoms in total. The predicted octanol–water partition coefficient (Wildman–Crippen LogP) is 3.36. The zero-order valence-corrected chi connectivity index (χ0v) is 13.1. The van der Waals surface area contributed by atoms with Crippen molar-refractivity contribution in [3.05, 3.63) is 35.9 Å². The lowest BCUT2D eigenvalue weighted by Gasteiger charge is -2.30. The molecular weight excluding hydrogens is 373 g/mol. The Kier molecular flexibility index (Phi) is 5.63. The normalized spacial score (nSPS) is 15.8. The summed E-state index contributed by atoms with van der Waals surface area (Å²) in [5, 5.41) is 0. The van der Waals surface area contributed by atoms with Crippen molar-refractivity contribution in [2.45, 2.75) is 25.6 Å². The highest BCUT2D eigenvalue weighted by Gasteiger charge is 2.25. The summed E-state index contributed by atoms with van der Waals surface area (Å²) in [5.74, 6) is 0. The number of piperidine rings is 1. The standard InChI is InChI=1S/C14H16INO4/c15-13(17)20-12-6-8-16(9-7-12)14(18)19-10-11-4-2-1-3-5-11/h1-5,12H,6-10H2. The van der Waals surface area contributed by atoms with Crippen LogP contribution in [0.1, 0.15) is 18.4 Å². The fourth-order valence-electron chi connectivity index (χ4n) is 2.10. The van der Waals surface area contributed by atoms with Crippen molar-refractivity contribution in [1.82, 2.24) is 4.90 Å². The van der Waals surface area contributed by atoms with Crippen LogP contribution in [0.15, 0.2) is 30.3 Å². The molecule has 0 unspecified atom stereocenters. The van der Waals surface area contributed by atoms with Gasteiger partial charge < -0.3 is 14.4 Å². The van der Waals surface area contributed by atoms with Crippen molar-refractivity contribution < 1.29 is 19.1 Å². The topological polar surface area (TPSA) is 55.8 Å². The van der Waals surface area contributed by atoms with E-state index in [-0.39, 0.29) is 22.8 Å². The number of halogens is 1. The minimum absolute atomic E-state index is 0.0856. The second-order valence-electron chi connectivity index (χ2n) is 4.58. The van der Waals surface area contributed by atoms with Crippen LogP contribution >= 0.6 is 22.6 Å². The van der Waals surface area contributed by atoms with Crippen molar-refractivity contribution in [3.8, 4) is 0 Å². The van der Waals surface area contributed by atoms with E-state index in [2.05, 4.69) is 0 Å². The minimum Gasteiger partial charge on any atom is -0.455 e. The number of rotatable bonds is 3. The molecule has 0 aromatic heterocycles. The van der Waals surface area contributed by atoms with Gasteiger partial charge in [0.1, 0.15) is 12.7 Å². The first-order chi connectivity index (χ1) is 9.65. The summed E-state index contributed by atoms with van der Waals surface area (Å²) in [6, 6.07) is 9.57. The number of benzene rings is 1. The van der Waals surface area contributed by atoms with Gasteiger partial charge >= 0.3 is 10.1 Å². The summed E-state index contributed by atoms with van der Waals surface area (Å²) in [5.41, 5.74) is 0.967. The fourth-order valence-corrected chi connectivity index (χ4v) is 2.46. The average molecular weight is 389 g/mol. The Bertz CT molecular complexity index is 458. The van der Waals surface area contributed by atoms with Crippen LogP contribution in [0.5, 0.6) is 0 Å². The van der Waals surface area contributed by atoms with Gasteiger partial charge in [-0.1, -0.05) is 30.3 Å². The zero-order chi connectivity index (χ0) is 14.4.